The van der Waals surface area contributed by atoms with Crippen LogP contribution in [0.1, 0.15) is 259 Å². The van der Waals surface area contributed by atoms with E-state index in [9.17, 15) is 43.2 Å². The van der Waals surface area contributed by atoms with Crippen LogP contribution in [0.25, 0.3) is 0 Å². The number of hydrogen-bond acceptors (Lipinski definition) is 15. The lowest BCUT2D eigenvalue weighted by Gasteiger charge is -2.21. The largest absolute Gasteiger partial charge is 0.472 e. The maximum atomic E-state index is 13.1. The first-order valence-corrected chi connectivity index (χ1v) is 41.7. The molecule has 5 unspecified atom stereocenters. The zero-order valence-corrected chi connectivity index (χ0v) is 65.6. The molecule has 0 spiro atoms. The fraction of sp³-hybridized carbons (Fsp3) is 0.576. The van der Waals surface area contributed by atoms with Gasteiger partial charge in [0.05, 0.1) is 32.8 Å². The Kier molecular flexibility index (Phi) is 70.7. The van der Waals surface area contributed by atoms with Crippen LogP contribution in [0.2, 0.25) is 0 Å². The molecule has 0 saturated heterocycles. The molecule has 0 fully saturated rings. The standard InChI is InChI=1S/C85H134O17P2/c1-5-9-13-17-21-25-29-32-35-37-39-41-44-46-50-53-57-61-65-69-82(87)95-75-80(101-84(89)71-67-63-59-55-49-28-24-20-16-12-8-4)77-99-103(91,92)97-73-79(86)74-98-104(93,94)100-78-81(102-85(90)72-68-64-60-56-52-48-43-34-31-27-23-19-15-11-7-3)76-96-83(88)70-66-62-58-54-51-47-45-42-40-38-36-33-30-26-22-18-14-10-6-2/h9-11,13-15,20-27,32-36,39-43,47,51-52,56,58,62,64,68,79-81,86H,5-8,12,16-19,28-31,37-38,44-46,48-50,53-55,57,59-61,63,65-67,69-78H2,1-4H3,(H,91,92)(H,93,94)/b13-9-,14-10-,15-11-,24-20-,25-21-,26-22-,27-23-,35-32-,36-33-,41-39-,42-40-,43-34-,51-47-,56-52-,62-58-,68-64-. The zero-order chi connectivity index (χ0) is 76.0. The molecule has 0 aromatic rings. The van der Waals surface area contributed by atoms with Crippen LogP contribution >= 0.6 is 15.6 Å². The molecule has 0 aromatic heterocycles. The summed E-state index contributed by atoms with van der Waals surface area (Å²) >= 11 is 0. The second kappa shape index (κ2) is 75.1. The van der Waals surface area contributed by atoms with Gasteiger partial charge in [-0.3, -0.25) is 37.3 Å². The number of carbonyl (C=O) groups excluding carboxylic acids is 4. The molecule has 3 N–H and O–H groups in total. The van der Waals surface area contributed by atoms with Crippen LogP contribution in [0, 0.1) is 0 Å². The lowest BCUT2D eigenvalue weighted by molar-refractivity contribution is -0.161. The Balaban J connectivity index is 5.48. The van der Waals surface area contributed by atoms with Crippen molar-refractivity contribution >= 4 is 39.5 Å². The number of aliphatic hydroxyl groups excluding tert-OH is 1. The molecular formula is C85H134O17P2. The van der Waals surface area contributed by atoms with Crippen molar-refractivity contribution in [1.29, 1.82) is 0 Å². The molecule has 19 heteroatoms. The van der Waals surface area contributed by atoms with E-state index in [0.717, 1.165) is 167 Å². The van der Waals surface area contributed by atoms with Crippen LogP contribution in [-0.2, 0) is 65.4 Å². The molecule has 0 rings (SSSR count). The van der Waals surface area contributed by atoms with E-state index < -0.39 is 97.5 Å². The van der Waals surface area contributed by atoms with Gasteiger partial charge in [-0.2, -0.15) is 0 Å². The number of esters is 4. The van der Waals surface area contributed by atoms with Crippen LogP contribution in [0.15, 0.2) is 194 Å². The third-order valence-corrected chi connectivity index (χ3v) is 17.0. The summed E-state index contributed by atoms with van der Waals surface area (Å²) in [6.45, 7) is 4.22. The van der Waals surface area contributed by atoms with Gasteiger partial charge in [-0.15, -0.1) is 0 Å². The Morgan fingerprint density at radius 3 is 0.923 bits per heavy atom. The Bertz CT molecular complexity index is 2740. The van der Waals surface area contributed by atoms with Gasteiger partial charge in [-0.05, 0) is 148 Å². The van der Waals surface area contributed by atoms with Crippen molar-refractivity contribution < 1.29 is 80.2 Å². The summed E-state index contributed by atoms with van der Waals surface area (Å²) in [5.74, 6) is -2.47. The van der Waals surface area contributed by atoms with Crippen LogP contribution in [0.5, 0.6) is 0 Å². The molecule has 0 aromatic carbocycles. The maximum Gasteiger partial charge on any atom is 0.472 e. The highest BCUT2D eigenvalue weighted by Gasteiger charge is 2.30. The van der Waals surface area contributed by atoms with Crippen molar-refractivity contribution in [1.82, 2.24) is 0 Å². The first kappa shape index (κ1) is 97.9. The Labute approximate surface area is 627 Å². The highest BCUT2D eigenvalue weighted by atomic mass is 31.2. The van der Waals surface area contributed by atoms with Crippen LogP contribution in [-0.4, -0.2) is 96.7 Å². The van der Waals surface area contributed by atoms with E-state index in [4.69, 9.17) is 37.0 Å². The fourth-order valence-corrected chi connectivity index (χ4v) is 10.9. The van der Waals surface area contributed by atoms with Gasteiger partial charge in [0.1, 0.15) is 19.3 Å². The Hall–Kier alpha value is -6.10. The van der Waals surface area contributed by atoms with Gasteiger partial charge >= 0.3 is 39.5 Å². The molecule has 586 valence electrons. The molecule has 104 heavy (non-hydrogen) atoms. The fourth-order valence-electron chi connectivity index (χ4n) is 9.29. The summed E-state index contributed by atoms with van der Waals surface area (Å²) in [5, 5.41) is 10.6. The highest BCUT2D eigenvalue weighted by molar-refractivity contribution is 7.47. The third kappa shape index (κ3) is 74.2. The van der Waals surface area contributed by atoms with E-state index in [-0.39, 0.29) is 25.7 Å². The monoisotopic (exact) mass is 1490 g/mol. The minimum atomic E-state index is -5.03. The van der Waals surface area contributed by atoms with Crippen molar-refractivity contribution in [2.75, 3.05) is 39.6 Å². The molecular weight excluding hydrogens is 1350 g/mol. The van der Waals surface area contributed by atoms with E-state index in [1.54, 1.807) is 12.2 Å². The van der Waals surface area contributed by atoms with Crippen LogP contribution in [0.4, 0.5) is 0 Å². The first-order chi connectivity index (χ1) is 50.7. The second-order valence-corrected chi connectivity index (χ2v) is 27.7. The minimum Gasteiger partial charge on any atom is -0.462 e. The molecule has 5 atom stereocenters. The number of hydrogen-bond donors (Lipinski definition) is 3. The van der Waals surface area contributed by atoms with E-state index >= 15 is 0 Å². The van der Waals surface area contributed by atoms with Crippen molar-refractivity contribution in [3.8, 4) is 0 Å². The average Bonchev–Trinajstić information content (AvgIpc) is 0.929. The van der Waals surface area contributed by atoms with E-state index in [0.29, 0.717) is 32.1 Å². The van der Waals surface area contributed by atoms with Crippen molar-refractivity contribution in [3.05, 3.63) is 194 Å². The van der Waals surface area contributed by atoms with E-state index in [1.807, 2.05) is 30.4 Å². The summed E-state index contributed by atoms with van der Waals surface area (Å²) in [7, 11) is -10.0. The number of phosphoric acid groups is 2. The molecule has 0 amide bonds. The van der Waals surface area contributed by atoms with Crippen LogP contribution in [0.3, 0.4) is 0 Å². The number of carbonyl (C=O) groups is 4. The van der Waals surface area contributed by atoms with E-state index in [1.165, 1.54) is 6.42 Å². The summed E-state index contributed by atoms with van der Waals surface area (Å²) in [6, 6.07) is 0. The van der Waals surface area contributed by atoms with Gasteiger partial charge in [0.15, 0.2) is 12.2 Å². The normalized spacial score (nSPS) is 15.0. The molecule has 0 bridgehead atoms. The number of rotatable bonds is 70. The molecule has 0 aliphatic carbocycles. The Morgan fingerprint density at radius 2 is 0.558 bits per heavy atom. The van der Waals surface area contributed by atoms with Crippen molar-refractivity contribution in [3.63, 3.8) is 0 Å². The zero-order valence-electron chi connectivity index (χ0n) is 63.9. The molecule has 0 heterocycles. The molecule has 0 radical (unpaired) electrons. The van der Waals surface area contributed by atoms with Gasteiger partial charge < -0.3 is 33.8 Å². The Morgan fingerprint density at radius 1 is 0.288 bits per heavy atom. The highest BCUT2D eigenvalue weighted by Crippen LogP contribution is 2.45. The second-order valence-electron chi connectivity index (χ2n) is 24.8. The number of allylic oxidation sites excluding steroid dienone is 31. The minimum absolute atomic E-state index is 0.00877. The number of phosphoric ester groups is 2. The summed E-state index contributed by atoms with van der Waals surface area (Å²) in [4.78, 5) is 72.8. The quantitative estimate of drug-likeness (QED) is 0.0169. The topological polar surface area (TPSA) is 237 Å². The van der Waals surface area contributed by atoms with Crippen LogP contribution < -0.4 is 0 Å². The maximum absolute atomic E-state index is 13.1. The predicted octanol–water partition coefficient (Wildman–Crippen LogP) is 22.5. The molecule has 0 aliphatic rings. The van der Waals surface area contributed by atoms with Gasteiger partial charge in [0.25, 0.3) is 0 Å². The summed E-state index contributed by atoms with van der Waals surface area (Å²) in [6.07, 6.45) is 91.9. The number of ether oxygens (including phenoxy) is 4. The van der Waals surface area contributed by atoms with Gasteiger partial charge in [-0.25, -0.2) is 9.13 Å². The predicted molar refractivity (Wildman–Crippen MR) is 426 cm³/mol. The van der Waals surface area contributed by atoms with Crippen molar-refractivity contribution in [2.24, 2.45) is 0 Å². The summed E-state index contributed by atoms with van der Waals surface area (Å²) < 4.78 is 68.2. The number of unbranched alkanes of at least 4 members (excludes halogenated alkanes) is 13. The molecule has 0 saturated carbocycles. The number of aliphatic hydroxyl groups is 1. The van der Waals surface area contributed by atoms with Gasteiger partial charge in [0, 0.05) is 19.3 Å². The van der Waals surface area contributed by atoms with Gasteiger partial charge in [-0.1, -0.05) is 280 Å². The SMILES string of the molecule is CC/C=C\C/C=C\C/C=C\C/C=C\C/C=C\C/C=C\CCC(=O)OCC(COP(=O)(O)OCC(O)COP(=O)(O)OCC(COC(=O)CCCCCCCC/C=C\C/C=C\C/C=C\C/C=C\CC)OC(=O)CCCCCCC/C=C\CCCC)OC(=O)C/C=C\C/C=C\C/C=C\C/C=C\C/C=C\CC. The van der Waals surface area contributed by atoms with Crippen molar-refractivity contribution in [2.45, 2.75) is 277 Å². The molecule has 17 nitrogen and oxygen atoms in total. The smallest absolute Gasteiger partial charge is 0.462 e. The van der Waals surface area contributed by atoms with E-state index in [2.05, 4.69) is 180 Å². The van der Waals surface area contributed by atoms with Gasteiger partial charge in [0.2, 0.25) is 0 Å². The lowest BCUT2D eigenvalue weighted by atomic mass is 10.1. The summed E-state index contributed by atoms with van der Waals surface area (Å²) in [5.41, 5.74) is 0. The third-order valence-electron chi connectivity index (χ3n) is 15.1. The lowest BCUT2D eigenvalue weighted by Crippen LogP contribution is -2.30. The first-order valence-electron chi connectivity index (χ1n) is 38.7. The molecule has 0 aliphatic heterocycles. The average molecular weight is 1490 g/mol.